The van der Waals surface area contributed by atoms with Crippen molar-refractivity contribution in [3.63, 3.8) is 0 Å². The molecule has 1 heterocycles. The number of amides is 1. The number of carbonyl (C=O) groups excluding carboxylic acids is 1. The van der Waals surface area contributed by atoms with E-state index in [1.165, 1.54) is 83.1 Å². The second-order valence-electron chi connectivity index (χ2n) is 17.2. The second-order valence-corrected chi connectivity index (χ2v) is 18.2. The molecule has 0 bridgehead atoms. The first-order chi connectivity index (χ1) is 30.9. The summed E-state index contributed by atoms with van der Waals surface area (Å²) >= 11 is 0. The summed E-state index contributed by atoms with van der Waals surface area (Å²) in [4.78, 5) is 13.1. The van der Waals surface area contributed by atoms with Gasteiger partial charge in [-0.05, 0) is 77.0 Å². The van der Waals surface area contributed by atoms with E-state index < -0.39 is 78.5 Å². The first-order valence-electron chi connectivity index (χ1n) is 24.8. The van der Waals surface area contributed by atoms with Crippen LogP contribution >= 0.6 is 0 Å². The maximum absolute atomic E-state index is 13.1. The average molecular weight is 928 g/mol. The minimum Gasteiger partial charge on any atom is -0.394 e. The Balaban J connectivity index is 2.60. The molecule has 372 valence electrons. The third-order valence-electron chi connectivity index (χ3n) is 11.4. The van der Waals surface area contributed by atoms with Crippen molar-refractivity contribution in [2.24, 2.45) is 0 Å². The van der Waals surface area contributed by atoms with Gasteiger partial charge in [0.25, 0.3) is 0 Å². The quantitative estimate of drug-likeness (QED) is 0.0174. The van der Waals surface area contributed by atoms with Crippen molar-refractivity contribution in [3.05, 3.63) is 60.8 Å². The molecule has 0 aliphatic carbocycles. The van der Waals surface area contributed by atoms with Gasteiger partial charge in [0.2, 0.25) is 5.91 Å². The van der Waals surface area contributed by atoms with Crippen LogP contribution in [0.15, 0.2) is 60.8 Å². The number of allylic oxidation sites excluding steroid dienone is 9. The highest BCUT2D eigenvalue weighted by Crippen LogP contribution is 2.26. The second kappa shape index (κ2) is 39.9. The third-order valence-corrected chi connectivity index (χ3v) is 11.8. The molecule has 0 spiro atoms. The lowest BCUT2D eigenvalue weighted by Crippen LogP contribution is -2.61. The normalized spacial score (nSPS) is 21.3. The van der Waals surface area contributed by atoms with Crippen molar-refractivity contribution < 1.29 is 57.0 Å². The van der Waals surface area contributed by atoms with Crippen molar-refractivity contribution in [1.29, 1.82) is 0 Å². The Morgan fingerprint density at radius 1 is 0.641 bits per heavy atom. The van der Waals surface area contributed by atoms with E-state index in [0.29, 0.717) is 12.8 Å². The standard InChI is InChI=1S/C50H89NO12S/c1-3-5-7-9-11-13-15-17-19-21-22-23-25-26-28-30-32-34-36-38-43(53)42(41-61-50-47(56)48(63-64(58,59)60)46(55)45(40-52)62-50)51-49(57)44(54)39-37-35-33-31-29-27-24-20-18-16-14-12-10-8-6-4-2/h12,14,18,20,22-23,28,30,36,38,42-48,50,52-56H,3-11,13,15-17,19,21,24-27,29,31-35,37,39-41H2,1-2H3,(H,51,57)(H,58,59,60)/b14-12-,20-18-,23-22+,30-28+,38-36+. The molecular weight excluding hydrogens is 839 g/mol. The molecule has 0 aromatic rings. The van der Waals surface area contributed by atoms with E-state index in [1.807, 2.05) is 0 Å². The van der Waals surface area contributed by atoms with Crippen molar-refractivity contribution in [2.45, 2.75) is 236 Å². The van der Waals surface area contributed by atoms with Gasteiger partial charge < -0.3 is 40.3 Å². The Morgan fingerprint density at radius 3 is 1.62 bits per heavy atom. The summed E-state index contributed by atoms with van der Waals surface area (Å²) in [5.74, 6) is -0.727. The maximum atomic E-state index is 13.1. The number of hydrogen-bond donors (Lipinski definition) is 7. The van der Waals surface area contributed by atoms with E-state index in [-0.39, 0.29) is 6.42 Å². The van der Waals surface area contributed by atoms with Gasteiger partial charge in [0, 0.05) is 0 Å². The predicted octanol–water partition coefficient (Wildman–Crippen LogP) is 9.19. The largest absolute Gasteiger partial charge is 0.397 e. The number of carbonyl (C=O) groups is 1. The topological polar surface area (TPSA) is 212 Å². The summed E-state index contributed by atoms with van der Waals surface area (Å²) in [6.45, 7) is 3.16. The van der Waals surface area contributed by atoms with E-state index in [9.17, 15) is 43.3 Å². The predicted molar refractivity (Wildman–Crippen MR) is 256 cm³/mol. The number of hydrogen-bond acceptors (Lipinski definition) is 11. The molecule has 1 saturated heterocycles. The Labute approximate surface area is 387 Å². The minimum absolute atomic E-state index is 0.219. The molecule has 7 N–H and O–H groups in total. The molecule has 1 fully saturated rings. The number of aliphatic hydroxyl groups is 5. The number of aliphatic hydroxyl groups excluding tert-OH is 5. The van der Waals surface area contributed by atoms with Crippen LogP contribution in [0.3, 0.4) is 0 Å². The third kappa shape index (κ3) is 31.6. The summed E-state index contributed by atoms with van der Waals surface area (Å²) in [7, 11) is -5.13. The van der Waals surface area contributed by atoms with Gasteiger partial charge in [-0.2, -0.15) is 8.42 Å². The van der Waals surface area contributed by atoms with Crippen LogP contribution in [0, 0.1) is 0 Å². The summed E-state index contributed by atoms with van der Waals surface area (Å²) in [6.07, 6.45) is 38.7. The van der Waals surface area contributed by atoms with Crippen molar-refractivity contribution in [1.82, 2.24) is 5.32 Å². The van der Waals surface area contributed by atoms with Crippen LogP contribution in [0.5, 0.6) is 0 Å². The number of nitrogens with one attached hydrogen (secondary N) is 1. The highest BCUT2D eigenvalue weighted by atomic mass is 32.3. The maximum Gasteiger partial charge on any atom is 0.397 e. The van der Waals surface area contributed by atoms with Gasteiger partial charge in [-0.15, -0.1) is 0 Å². The van der Waals surface area contributed by atoms with Crippen LogP contribution < -0.4 is 5.32 Å². The van der Waals surface area contributed by atoms with Crippen LogP contribution in [-0.2, 0) is 28.9 Å². The van der Waals surface area contributed by atoms with Gasteiger partial charge in [-0.25, -0.2) is 4.18 Å². The Bertz CT molecular complexity index is 1390. The first kappa shape index (κ1) is 59.8. The monoisotopic (exact) mass is 928 g/mol. The van der Waals surface area contributed by atoms with E-state index in [4.69, 9.17) is 9.47 Å². The molecule has 0 radical (unpaired) electrons. The molecular formula is C50H89NO12S. The molecule has 0 aromatic heterocycles. The summed E-state index contributed by atoms with van der Waals surface area (Å²) < 4.78 is 47.6. The van der Waals surface area contributed by atoms with Crippen LogP contribution in [-0.4, -0.2) is 107 Å². The number of rotatable bonds is 41. The first-order valence-corrected chi connectivity index (χ1v) is 26.1. The average Bonchev–Trinajstić information content (AvgIpc) is 3.27. The van der Waals surface area contributed by atoms with Gasteiger partial charge in [-0.3, -0.25) is 9.35 Å². The van der Waals surface area contributed by atoms with Crippen LogP contribution in [0.2, 0.25) is 0 Å². The number of ether oxygens (including phenoxy) is 2. The summed E-state index contributed by atoms with van der Waals surface area (Å²) in [6, 6.07) is -1.15. The molecule has 1 amide bonds. The smallest absolute Gasteiger partial charge is 0.394 e. The fourth-order valence-corrected chi connectivity index (χ4v) is 7.91. The van der Waals surface area contributed by atoms with Crippen LogP contribution in [0.25, 0.3) is 0 Å². The Kier molecular flexibility index (Phi) is 37.3. The lowest BCUT2D eigenvalue weighted by Gasteiger charge is -2.41. The Morgan fingerprint density at radius 2 is 1.09 bits per heavy atom. The lowest BCUT2D eigenvalue weighted by atomic mass is 9.99. The molecule has 64 heavy (non-hydrogen) atoms. The summed E-state index contributed by atoms with van der Waals surface area (Å²) in [5, 5.41) is 55.3. The van der Waals surface area contributed by atoms with Gasteiger partial charge in [0.15, 0.2) is 6.29 Å². The SMILES string of the molecule is CCCCC/C=C\C/C=C\CCCCCCCCC(O)C(=O)NC(COC1OC(CO)C(O)C(OS(=O)(=O)O)C1O)C(O)/C=C/CC/C=C/CC/C=C/CCCCCCCCCCC. The molecule has 13 nitrogen and oxygen atoms in total. The molecule has 1 aliphatic heterocycles. The molecule has 8 atom stereocenters. The number of unbranched alkanes of at least 4 members (excludes halogenated alkanes) is 20. The van der Waals surface area contributed by atoms with Crippen LogP contribution in [0.1, 0.15) is 187 Å². The van der Waals surface area contributed by atoms with Crippen LogP contribution in [0.4, 0.5) is 0 Å². The van der Waals surface area contributed by atoms with Gasteiger partial charge in [0.1, 0.15) is 30.5 Å². The van der Waals surface area contributed by atoms with E-state index in [2.05, 4.69) is 72.0 Å². The minimum atomic E-state index is -5.13. The highest BCUT2D eigenvalue weighted by molar-refractivity contribution is 7.80. The zero-order valence-corrected chi connectivity index (χ0v) is 40.3. The van der Waals surface area contributed by atoms with Gasteiger partial charge >= 0.3 is 10.4 Å². The summed E-state index contributed by atoms with van der Waals surface area (Å²) in [5.41, 5.74) is 0. The zero-order chi connectivity index (χ0) is 47.1. The molecule has 0 saturated carbocycles. The van der Waals surface area contributed by atoms with Crippen molar-refractivity contribution >= 4 is 16.3 Å². The van der Waals surface area contributed by atoms with Gasteiger partial charge in [-0.1, -0.05) is 171 Å². The van der Waals surface area contributed by atoms with Crippen molar-refractivity contribution in [2.75, 3.05) is 13.2 Å². The highest BCUT2D eigenvalue weighted by Gasteiger charge is 2.48. The molecule has 8 unspecified atom stereocenters. The Hall–Kier alpha value is -2.24. The lowest BCUT2D eigenvalue weighted by molar-refractivity contribution is -0.298. The zero-order valence-electron chi connectivity index (χ0n) is 39.4. The van der Waals surface area contributed by atoms with E-state index >= 15 is 0 Å². The van der Waals surface area contributed by atoms with Crippen molar-refractivity contribution in [3.8, 4) is 0 Å². The molecule has 14 heteroatoms. The fourth-order valence-electron chi connectivity index (χ4n) is 7.40. The van der Waals surface area contributed by atoms with E-state index in [0.717, 1.165) is 77.0 Å². The van der Waals surface area contributed by atoms with Gasteiger partial charge in [0.05, 0.1) is 25.4 Å². The fraction of sp³-hybridized carbons (Fsp3) is 0.780. The van der Waals surface area contributed by atoms with E-state index in [1.54, 1.807) is 6.08 Å². The molecule has 1 aliphatic rings. The molecule has 1 rings (SSSR count). The molecule has 0 aromatic carbocycles.